The molecule has 480 valence electrons. The van der Waals surface area contributed by atoms with Crippen LogP contribution in [0.25, 0.3) is 91.1 Å². The summed E-state index contributed by atoms with van der Waals surface area (Å²) in [5, 5.41) is 9.04. The molecule has 0 fully saturated rings. The SMILES string of the molecule is CC1=c2c(oc3nc(C)ccc23)=CN(C)B1c1cc(C)c(C)c[n+]1C.CC1=c2c(oc3nc(C)ccc23)=CN(C)B1c1cc(C)cc[n+]1C.CC1=c2c(oc3nc(C)ccc23)=CN(C)B1c1ccc(C)c[n+]1C.CC1=c2oc3nc(C)ccc3c2=CN(C)B1c1cccc[n+]1C. The molecule has 0 atom stereocenters. The molecule has 0 spiro atoms. The highest BCUT2D eigenvalue weighted by molar-refractivity contribution is 6.87. The summed E-state index contributed by atoms with van der Waals surface area (Å²) in [6.07, 6.45) is 17.0. The second kappa shape index (κ2) is 25.2. The van der Waals surface area contributed by atoms with Gasteiger partial charge in [-0.3, -0.25) is 0 Å². The van der Waals surface area contributed by atoms with E-state index in [1.165, 1.54) is 82.2 Å². The number of aryl methyl sites for hydroxylation is 12. The molecule has 12 aromatic heterocycles. The van der Waals surface area contributed by atoms with Crippen molar-refractivity contribution >= 4 is 141 Å². The summed E-state index contributed by atoms with van der Waals surface area (Å²) < 4.78 is 33.0. The van der Waals surface area contributed by atoms with E-state index in [1.54, 1.807) is 0 Å². The van der Waals surface area contributed by atoms with E-state index >= 15 is 0 Å². The standard InChI is InChI=1S/C20H23BN3O.2C19H21BN3O.C18H19BN3O/c1-12-9-18(23(5)10-13(12)2)21-15(4)19-16-8-7-14(3)22-20(16)25-17(19)11-24(21)6;1-12-6-9-17(22(4)10-12)20-14(3)18-15-8-7-13(2)21-19(15)24-16(18)11-23(20)5;1-12-8-9-22(4)17(10-12)20-14(3)18-15-7-6-13(2)21-19(15)24-16(18)11-23(20)5;1-12-8-9-14-15-11-22(4)19(16-7-5-6-10-21(16)3)13(2)17(15)23-18(14)20-12/h7-11H,1-6H3;2*6-11H,1-5H3;5-11H,1-4H3/q4*+1. The van der Waals surface area contributed by atoms with Crippen LogP contribution in [0.15, 0.2) is 140 Å². The fourth-order valence-electron chi connectivity index (χ4n) is 14.8. The zero-order valence-electron chi connectivity index (χ0n) is 59.2. The molecule has 0 amide bonds. The van der Waals surface area contributed by atoms with Gasteiger partial charge in [0.05, 0.1) is 0 Å². The maximum atomic E-state index is 6.11. The van der Waals surface area contributed by atoms with E-state index in [4.69, 9.17) is 17.7 Å². The fourth-order valence-corrected chi connectivity index (χ4v) is 14.8. The van der Waals surface area contributed by atoms with Gasteiger partial charge >= 0.3 is 27.4 Å². The van der Waals surface area contributed by atoms with E-state index in [9.17, 15) is 0 Å². The summed E-state index contributed by atoms with van der Waals surface area (Å²) in [7, 11) is 16.8. The number of hydrogen-bond donors (Lipinski definition) is 0. The molecule has 0 saturated heterocycles. The molecule has 0 unspecified atom stereocenters. The molecule has 0 bridgehead atoms. The molecule has 96 heavy (non-hydrogen) atoms. The lowest BCUT2D eigenvalue weighted by Gasteiger charge is -2.24. The van der Waals surface area contributed by atoms with Gasteiger partial charge in [0.2, 0.25) is 22.9 Å². The van der Waals surface area contributed by atoms with E-state index in [1.807, 2.05) is 52.0 Å². The van der Waals surface area contributed by atoms with Crippen molar-refractivity contribution in [2.24, 2.45) is 28.2 Å². The Morgan fingerprint density at radius 2 is 0.750 bits per heavy atom. The van der Waals surface area contributed by atoms with E-state index in [-0.39, 0.29) is 27.4 Å². The lowest BCUT2D eigenvalue weighted by molar-refractivity contribution is -0.654. The minimum atomic E-state index is 0.162. The minimum Gasteiger partial charge on any atom is -0.438 e. The van der Waals surface area contributed by atoms with Crippen LogP contribution in [-0.4, -0.2) is 94.8 Å². The number of furan rings is 4. The maximum Gasteiger partial charge on any atom is 0.402 e. The molecule has 12 aromatic rings. The van der Waals surface area contributed by atoms with Crippen molar-refractivity contribution in [3.8, 4) is 0 Å². The van der Waals surface area contributed by atoms with Gasteiger partial charge in [-0.1, -0.05) is 22.5 Å². The molecule has 0 N–H and O–H groups in total. The first kappa shape index (κ1) is 64.5. The van der Waals surface area contributed by atoms with Crippen LogP contribution >= 0.6 is 0 Å². The minimum absolute atomic E-state index is 0.162. The Hall–Kier alpha value is -10.2. The number of nitrogens with zero attached hydrogens (tertiary/aromatic N) is 12. The molecule has 16 heterocycles. The van der Waals surface area contributed by atoms with Gasteiger partial charge in [-0.2, -0.15) is 0 Å². The van der Waals surface area contributed by atoms with Crippen molar-refractivity contribution in [1.82, 2.24) is 39.2 Å². The highest BCUT2D eigenvalue weighted by Gasteiger charge is 2.39. The van der Waals surface area contributed by atoms with Gasteiger partial charge in [0.15, 0.2) is 63.4 Å². The largest absolute Gasteiger partial charge is 0.438 e. The molecule has 4 aliphatic rings. The molecule has 0 radical (unpaired) electrons. The van der Waals surface area contributed by atoms with Crippen LogP contribution in [0.2, 0.25) is 0 Å². The lowest BCUT2D eigenvalue weighted by atomic mass is 9.50. The van der Waals surface area contributed by atoms with Gasteiger partial charge in [-0.05, 0) is 201 Å². The van der Waals surface area contributed by atoms with Crippen LogP contribution in [0.4, 0.5) is 0 Å². The van der Waals surface area contributed by atoms with Gasteiger partial charge in [0, 0.05) is 119 Å². The van der Waals surface area contributed by atoms with Crippen LogP contribution in [0.5, 0.6) is 0 Å². The summed E-state index contributed by atoms with van der Waals surface area (Å²) in [5.41, 5.74) is 25.7. The number of rotatable bonds is 4. The van der Waals surface area contributed by atoms with E-state index in [0.29, 0.717) is 0 Å². The lowest BCUT2D eigenvalue weighted by Crippen LogP contribution is -2.62. The van der Waals surface area contributed by atoms with Crippen LogP contribution in [0.3, 0.4) is 0 Å². The van der Waals surface area contributed by atoms with Crippen LogP contribution in [-0.2, 0) is 28.2 Å². The van der Waals surface area contributed by atoms with Crippen molar-refractivity contribution in [3.63, 3.8) is 0 Å². The zero-order chi connectivity index (χ0) is 68.0. The maximum absolute atomic E-state index is 6.11. The van der Waals surface area contributed by atoms with Crippen molar-refractivity contribution < 1.29 is 35.9 Å². The number of aromatic nitrogens is 8. The average molecular weight is 1270 g/mol. The Bertz CT molecular complexity index is 5740. The first-order chi connectivity index (χ1) is 45.8. The van der Waals surface area contributed by atoms with Crippen LogP contribution < -0.4 is 83.2 Å². The molecule has 20 heteroatoms. The van der Waals surface area contributed by atoms with Gasteiger partial charge in [0.25, 0.3) is 0 Å². The second-order valence-corrected chi connectivity index (χ2v) is 27.0. The molecule has 16 nitrogen and oxygen atoms in total. The van der Waals surface area contributed by atoms with Gasteiger partial charge in [0.1, 0.15) is 33.6 Å². The third-order valence-corrected chi connectivity index (χ3v) is 19.7. The topological polar surface area (TPSA) is 133 Å². The highest BCUT2D eigenvalue weighted by Crippen LogP contribution is 2.19. The first-order valence-electron chi connectivity index (χ1n) is 32.9. The third kappa shape index (κ3) is 11.6. The van der Waals surface area contributed by atoms with Gasteiger partial charge in [-0.25, -0.2) is 38.2 Å². The number of fused-ring (bicyclic) bond motifs is 12. The average Bonchev–Trinajstić information content (AvgIpc) is 1.63. The predicted molar refractivity (Wildman–Crippen MR) is 388 cm³/mol. The van der Waals surface area contributed by atoms with Gasteiger partial charge < -0.3 is 36.9 Å². The summed E-state index contributed by atoms with van der Waals surface area (Å²) in [6, 6.07) is 34.0. The number of pyridine rings is 8. The smallest absolute Gasteiger partial charge is 0.402 e. The van der Waals surface area contributed by atoms with Crippen LogP contribution in [0, 0.1) is 55.4 Å². The molecular formula is C76H84B4N12O4+4. The summed E-state index contributed by atoms with van der Waals surface area (Å²) >= 11 is 0. The monoisotopic (exact) mass is 1270 g/mol. The zero-order valence-corrected chi connectivity index (χ0v) is 59.2. The van der Waals surface area contributed by atoms with Crippen LogP contribution in [0.1, 0.15) is 72.7 Å². The fraction of sp³-hybridized carbons (Fsp3) is 0.263. The summed E-state index contributed by atoms with van der Waals surface area (Å²) in [4.78, 5) is 27.1. The molecule has 0 aliphatic carbocycles. The second-order valence-electron chi connectivity index (χ2n) is 27.0. The van der Waals surface area contributed by atoms with Crippen molar-refractivity contribution in [2.45, 2.75) is 83.1 Å². The molecule has 4 aliphatic heterocycles. The summed E-state index contributed by atoms with van der Waals surface area (Å²) in [6.45, 7) is 26.0. The van der Waals surface area contributed by atoms with E-state index < -0.39 is 0 Å². The normalized spacial score (nSPS) is 14.1. The third-order valence-electron chi connectivity index (χ3n) is 19.7. The van der Waals surface area contributed by atoms with Crippen molar-refractivity contribution in [1.29, 1.82) is 0 Å². The predicted octanol–water partition coefficient (Wildman–Crippen LogP) is 2.24. The molecule has 0 aromatic carbocycles. The number of hydrogen-bond acceptors (Lipinski definition) is 12. The van der Waals surface area contributed by atoms with Gasteiger partial charge in [-0.15, -0.1) is 0 Å². The molecule has 0 saturated carbocycles. The Kier molecular flexibility index (Phi) is 16.9. The first-order valence-corrected chi connectivity index (χ1v) is 32.9. The Balaban J connectivity index is 0.000000116. The quantitative estimate of drug-likeness (QED) is 0.189. The van der Waals surface area contributed by atoms with E-state index in [0.717, 1.165) is 94.1 Å². The Morgan fingerprint density at radius 1 is 0.344 bits per heavy atom. The highest BCUT2D eigenvalue weighted by atomic mass is 16.3. The molecule has 16 rings (SSSR count). The Labute approximate surface area is 561 Å². The van der Waals surface area contributed by atoms with E-state index in [2.05, 4.69) is 292 Å². The Morgan fingerprint density at radius 3 is 1.23 bits per heavy atom. The summed E-state index contributed by atoms with van der Waals surface area (Å²) in [5.74, 6) is 0. The van der Waals surface area contributed by atoms with Crippen molar-refractivity contribution in [3.05, 3.63) is 209 Å². The molecular weight excluding hydrogens is 1190 g/mol. The van der Waals surface area contributed by atoms with Crippen molar-refractivity contribution in [2.75, 3.05) is 28.2 Å².